The Balaban J connectivity index is 2.36. The van der Waals surface area contributed by atoms with Gasteiger partial charge in [-0.15, -0.1) is 0 Å². The molecule has 2 rings (SSSR count). The molecule has 8 heteroatoms. The van der Waals surface area contributed by atoms with Gasteiger partial charge in [0.2, 0.25) is 5.91 Å². The van der Waals surface area contributed by atoms with Crippen molar-refractivity contribution in [3.63, 3.8) is 0 Å². The largest absolute Gasteiger partial charge is 0.417 e. The first kappa shape index (κ1) is 21.4. The summed E-state index contributed by atoms with van der Waals surface area (Å²) in [4.78, 5) is 13.9. The molecule has 1 aromatic carbocycles. The van der Waals surface area contributed by atoms with Gasteiger partial charge in [0.05, 0.1) is 35.8 Å². The van der Waals surface area contributed by atoms with Gasteiger partial charge in [0.25, 0.3) is 0 Å². The Bertz CT molecular complexity index is 779. The summed E-state index contributed by atoms with van der Waals surface area (Å²) in [6, 6.07) is 4.54. The average molecular weight is 399 g/mol. The van der Waals surface area contributed by atoms with Crippen molar-refractivity contribution in [2.24, 2.45) is 0 Å². The van der Waals surface area contributed by atoms with Crippen molar-refractivity contribution in [2.45, 2.75) is 70.6 Å². The molecule has 2 atom stereocenters. The van der Waals surface area contributed by atoms with Gasteiger partial charge in [-0.05, 0) is 43.3 Å². The Morgan fingerprint density at radius 1 is 1.26 bits per heavy atom. The fraction of sp³-hybridized carbons (Fsp3) is 0.579. The molecule has 0 bridgehead atoms. The second kappa shape index (κ2) is 6.95. The van der Waals surface area contributed by atoms with E-state index in [9.17, 15) is 18.0 Å². The van der Waals surface area contributed by atoms with Crippen LogP contribution in [0.1, 0.15) is 45.2 Å². The van der Waals surface area contributed by atoms with Crippen LogP contribution >= 0.6 is 0 Å². The van der Waals surface area contributed by atoms with Crippen LogP contribution in [0.25, 0.3) is 0 Å². The normalized spacial score (nSPS) is 21.5. The van der Waals surface area contributed by atoms with Crippen LogP contribution in [0.4, 0.5) is 18.9 Å². The van der Waals surface area contributed by atoms with E-state index >= 15 is 0 Å². The summed E-state index contributed by atoms with van der Waals surface area (Å²) in [5.41, 5.74) is -1.35. The first-order valence-electron chi connectivity index (χ1n) is 8.80. The molecule has 4 nitrogen and oxygen atoms in total. The van der Waals surface area contributed by atoms with Gasteiger partial charge in [0.15, 0.2) is 8.32 Å². The van der Waals surface area contributed by atoms with Crippen molar-refractivity contribution in [3.05, 3.63) is 29.3 Å². The molecule has 0 unspecified atom stereocenters. The van der Waals surface area contributed by atoms with E-state index in [-0.39, 0.29) is 35.2 Å². The molecule has 0 N–H and O–H groups in total. The summed E-state index contributed by atoms with van der Waals surface area (Å²) in [5.74, 6) is -0.274. The molecule has 27 heavy (non-hydrogen) atoms. The standard InChI is InChI=1S/C19H25F3N2O2Si/c1-12-16(26-27(5,6)18(2,3)4)10-17(25)24(12)14-8-7-13(11-23)15(9-14)19(20,21)22/h7-9,12,16H,10H2,1-6H3/t12-,16-/m0/s1. The highest BCUT2D eigenvalue weighted by atomic mass is 28.4. The smallest absolute Gasteiger partial charge is 0.411 e. The maximum atomic E-state index is 13.3. The summed E-state index contributed by atoms with van der Waals surface area (Å²) >= 11 is 0. The van der Waals surface area contributed by atoms with Crippen molar-refractivity contribution < 1.29 is 22.4 Å². The van der Waals surface area contributed by atoms with Gasteiger partial charge in [-0.25, -0.2) is 0 Å². The second-order valence-corrected chi connectivity index (χ2v) is 13.2. The Morgan fingerprint density at radius 2 is 1.85 bits per heavy atom. The maximum Gasteiger partial charge on any atom is 0.417 e. The first-order chi connectivity index (χ1) is 12.2. The molecule has 1 aliphatic rings. The molecular formula is C19H25F3N2O2Si. The van der Waals surface area contributed by atoms with Crippen LogP contribution in [-0.2, 0) is 15.4 Å². The van der Waals surface area contributed by atoms with E-state index in [1.165, 1.54) is 11.0 Å². The zero-order valence-corrected chi connectivity index (χ0v) is 17.4. The van der Waals surface area contributed by atoms with E-state index in [2.05, 4.69) is 33.9 Å². The van der Waals surface area contributed by atoms with Crippen LogP contribution in [0.2, 0.25) is 18.1 Å². The fourth-order valence-corrected chi connectivity index (χ4v) is 4.31. The number of hydrogen-bond donors (Lipinski definition) is 0. The van der Waals surface area contributed by atoms with Crippen LogP contribution in [0, 0.1) is 11.3 Å². The van der Waals surface area contributed by atoms with Crippen LogP contribution in [0.15, 0.2) is 18.2 Å². The van der Waals surface area contributed by atoms with Crippen molar-refractivity contribution in [1.29, 1.82) is 5.26 Å². The van der Waals surface area contributed by atoms with Gasteiger partial charge in [0.1, 0.15) is 0 Å². The number of carbonyl (C=O) groups excluding carboxylic acids is 1. The molecule has 148 valence electrons. The number of benzene rings is 1. The van der Waals surface area contributed by atoms with E-state index in [0.29, 0.717) is 0 Å². The van der Waals surface area contributed by atoms with E-state index in [0.717, 1.165) is 12.1 Å². The summed E-state index contributed by atoms with van der Waals surface area (Å²) in [5, 5.41) is 8.90. The summed E-state index contributed by atoms with van der Waals surface area (Å²) in [6.45, 7) is 12.2. The highest BCUT2D eigenvalue weighted by Crippen LogP contribution is 2.41. The van der Waals surface area contributed by atoms with E-state index in [1.54, 1.807) is 13.0 Å². The van der Waals surface area contributed by atoms with E-state index < -0.39 is 25.6 Å². The minimum absolute atomic E-state index is 0.0406. The van der Waals surface area contributed by atoms with Crippen LogP contribution in [-0.4, -0.2) is 26.4 Å². The molecule has 0 spiro atoms. The topological polar surface area (TPSA) is 53.3 Å². The summed E-state index contributed by atoms with van der Waals surface area (Å²) < 4.78 is 46.1. The molecule has 0 saturated carbocycles. The minimum Gasteiger partial charge on any atom is -0.411 e. The first-order valence-corrected chi connectivity index (χ1v) is 11.7. The van der Waals surface area contributed by atoms with Gasteiger partial charge in [-0.3, -0.25) is 4.79 Å². The number of anilines is 1. The SMILES string of the molecule is C[C@H]1[C@@H](O[Si](C)(C)C(C)(C)C)CC(=O)N1c1ccc(C#N)c(C(F)(F)F)c1. The lowest BCUT2D eigenvalue weighted by Crippen LogP contribution is -2.47. The lowest BCUT2D eigenvalue weighted by Gasteiger charge is -2.39. The maximum absolute atomic E-state index is 13.3. The number of nitrogens with zero attached hydrogens (tertiary/aromatic N) is 2. The zero-order chi connectivity index (χ0) is 20.8. The molecule has 0 radical (unpaired) electrons. The zero-order valence-electron chi connectivity index (χ0n) is 16.4. The predicted molar refractivity (Wildman–Crippen MR) is 99.8 cm³/mol. The number of hydrogen-bond acceptors (Lipinski definition) is 3. The lowest BCUT2D eigenvalue weighted by molar-refractivity contribution is -0.137. The number of alkyl halides is 3. The second-order valence-electron chi connectivity index (χ2n) is 8.46. The Hall–Kier alpha value is -1.85. The quantitative estimate of drug-likeness (QED) is 0.666. The third-order valence-electron chi connectivity index (χ3n) is 5.55. The predicted octanol–water partition coefficient (Wildman–Crippen LogP) is 5.09. The molecule has 1 saturated heterocycles. The molecule has 1 fully saturated rings. The Labute approximate surface area is 159 Å². The highest BCUT2D eigenvalue weighted by molar-refractivity contribution is 6.74. The summed E-state index contributed by atoms with van der Waals surface area (Å²) in [7, 11) is -2.13. The third kappa shape index (κ3) is 4.19. The lowest BCUT2D eigenvalue weighted by atomic mass is 10.1. The molecule has 1 amide bonds. The number of rotatable bonds is 3. The van der Waals surface area contributed by atoms with Crippen LogP contribution < -0.4 is 4.90 Å². The van der Waals surface area contributed by atoms with Gasteiger partial charge < -0.3 is 9.33 Å². The molecule has 0 aliphatic carbocycles. The molecular weight excluding hydrogens is 373 g/mol. The van der Waals surface area contributed by atoms with Crippen molar-refractivity contribution in [2.75, 3.05) is 4.90 Å². The van der Waals surface area contributed by atoms with Gasteiger partial charge >= 0.3 is 6.18 Å². The monoisotopic (exact) mass is 398 g/mol. The molecule has 1 aromatic rings. The van der Waals surface area contributed by atoms with Crippen molar-refractivity contribution in [3.8, 4) is 6.07 Å². The molecule has 1 heterocycles. The highest BCUT2D eigenvalue weighted by Gasteiger charge is 2.46. The molecule has 0 aromatic heterocycles. The molecule has 1 aliphatic heterocycles. The number of halogens is 3. The van der Waals surface area contributed by atoms with E-state index in [4.69, 9.17) is 9.69 Å². The van der Waals surface area contributed by atoms with Crippen LogP contribution in [0.3, 0.4) is 0 Å². The van der Waals surface area contributed by atoms with Gasteiger partial charge in [-0.1, -0.05) is 20.8 Å². The number of nitriles is 1. The Morgan fingerprint density at radius 3 is 2.33 bits per heavy atom. The van der Waals surface area contributed by atoms with E-state index in [1.807, 2.05) is 0 Å². The average Bonchev–Trinajstić information content (AvgIpc) is 2.78. The minimum atomic E-state index is -4.66. The fourth-order valence-electron chi connectivity index (χ4n) is 2.92. The van der Waals surface area contributed by atoms with Gasteiger partial charge in [0, 0.05) is 5.69 Å². The third-order valence-corrected chi connectivity index (χ3v) is 10.1. The number of carbonyl (C=O) groups is 1. The summed E-state index contributed by atoms with van der Waals surface area (Å²) in [6.07, 6.45) is -4.90. The number of amides is 1. The Kier molecular flexibility index (Phi) is 5.52. The van der Waals surface area contributed by atoms with Crippen molar-refractivity contribution in [1.82, 2.24) is 0 Å². The van der Waals surface area contributed by atoms with Crippen LogP contribution in [0.5, 0.6) is 0 Å². The van der Waals surface area contributed by atoms with Crippen molar-refractivity contribution >= 4 is 19.9 Å². The van der Waals surface area contributed by atoms with Gasteiger partial charge in [-0.2, -0.15) is 18.4 Å².